The van der Waals surface area contributed by atoms with Crippen molar-refractivity contribution in [2.75, 3.05) is 6.61 Å². The smallest absolute Gasteiger partial charge is 0.484 e. The molecule has 0 aliphatic rings. The standard InChI is InChI=1S/C8H7BF4O3/c10-5-1-2-6(9(14)15)7(3-5)16-4-8(11,12)13/h1-3,14-15H,4H2. The van der Waals surface area contributed by atoms with Gasteiger partial charge in [0.1, 0.15) is 11.6 Å². The number of hydrogen-bond acceptors (Lipinski definition) is 3. The van der Waals surface area contributed by atoms with E-state index in [1.807, 2.05) is 0 Å². The number of benzene rings is 1. The summed E-state index contributed by atoms with van der Waals surface area (Å²) >= 11 is 0. The molecule has 2 N–H and O–H groups in total. The zero-order valence-corrected chi connectivity index (χ0v) is 7.83. The minimum atomic E-state index is -4.58. The van der Waals surface area contributed by atoms with E-state index in [2.05, 4.69) is 4.74 Å². The zero-order chi connectivity index (χ0) is 12.3. The van der Waals surface area contributed by atoms with Gasteiger partial charge in [0.25, 0.3) is 0 Å². The molecule has 0 aliphatic heterocycles. The Kier molecular flexibility index (Phi) is 3.76. The van der Waals surface area contributed by atoms with Crippen LogP contribution >= 0.6 is 0 Å². The Labute approximate surface area is 88.4 Å². The summed E-state index contributed by atoms with van der Waals surface area (Å²) in [4.78, 5) is 0. The van der Waals surface area contributed by atoms with E-state index in [0.717, 1.165) is 12.1 Å². The Hall–Kier alpha value is -1.28. The Morgan fingerprint density at radius 3 is 2.38 bits per heavy atom. The molecule has 0 bridgehead atoms. The molecule has 1 aromatic carbocycles. The predicted molar refractivity (Wildman–Crippen MR) is 47.8 cm³/mol. The van der Waals surface area contributed by atoms with Crippen LogP contribution in [0.15, 0.2) is 18.2 Å². The van der Waals surface area contributed by atoms with E-state index in [4.69, 9.17) is 10.0 Å². The highest BCUT2D eigenvalue weighted by Crippen LogP contribution is 2.18. The Morgan fingerprint density at radius 1 is 1.25 bits per heavy atom. The number of hydrogen-bond donors (Lipinski definition) is 2. The summed E-state index contributed by atoms with van der Waals surface area (Å²) in [5, 5.41) is 17.6. The third-order valence-electron chi connectivity index (χ3n) is 1.65. The molecule has 0 aromatic heterocycles. The molecular formula is C8H7BF4O3. The first-order chi connectivity index (χ1) is 7.29. The molecule has 0 aliphatic carbocycles. The van der Waals surface area contributed by atoms with Crippen LogP contribution < -0.4 is 10.2 Å². The molecule has 1 aromatic rings. The minimum absolute atomic E-state index is 0.328. The average Bonchev–Trinajstić information content (AvgIpc) is 2.13. The van der Waals surface area contributed by atoms with Crippen LogP contribution in [0.4, 0.5) is 17.6 Å². The van der Waals surface area contributed by atoms with Gasteiger partial charge >= 0.3 is 13.3 Å². The molecule has 0 heterocycles. The van der Waals surface area contributed by atoms with Gasteiger partial charge in [-0.2, -0.15) is 13.2 Å². The van der Waals surface area contributed by atoms with Crippen LogP contribution in [0.2, 0.25) is 0 Å². The third kappa shape index (κ3) is 3.71. The highest BCUT2D eigenvalue weighted by Gasteiger charge is 2.29. The molecule has 0 spiro atoms. The lowest BCUT2D eigenvalue weighted by atomic mass is 9.79. The minimum Gasteiger partial charge on any atom is -0.484 e. The summed E-state index contributed by atoms with van der Waals surface area (Å²) in [6, 6.07) is 2.47. The summed E-state index contributed by atoms with van der Waals surface area (Å²) < 4.78 is 52.5. The van der Waals surface area contributed by atoms with E-state index in [0.29, 0.717) is 6.07 Å². The van der Waals surface area contributed by atoms with Gasteiger partial charge in [0.05, 0.1) is 0 Å². The third-order valence-corrected chi connectivity index (χ3v) is 1.65. The maximum Gasteiger partial charge on any atom is 0.492 e. The van der Waals surface area contributed by atoms with Crippen LogP contribution in [0, 0.1) is 5.82 Å². The fourth-order valence-corrected chi connectivity index (χ4v) is 1.01. The van der Waals surface area contributed by atoms with E-state index >= 15 is 0 Å². The molecule has 8 heteroatoms. The number of alkyl halides is 3. The molecule has 0 radical (unpaired) electrons. The molecule has 3 nitrogen and oxygen atoms in total. The van der Waals surface area contributed by atoms with Crippen molar-refractivity contribution in [3.05, 3.63) is 24.0 Å². The molecule has 0 fully saturated rings. The van der Waals surface area contributed by atoms with Gasteiger partial charge in [0, 0.05) is 11.5 Å². The number of halogens is 4. The highest BCUT2D eigenvalue weighted by atomic mass is 19.4. The monoisotopic (exact) mass is 238 g/mol. The SMILES string of the molecule is OB(O)c1ccc(F)cc1OCC(F)(F)F. The predicted octanol–water partition coefficient (Wildman–Crippen LogP) is 0.447. The largest absolute Gasteiger partial charge is 0.492 e. The first kappa shape index (κ1) is 12.8. The van der Waals surface area contributed by atoms with Crippen LogP contribution in [0.1, 0.15) is 0 Å². The fourth-order valence-electron chi connectivity index (χ4n) is 1.01. The normalized spacial score (nSPS) is 11.4. The van der Waals surface area contributed by atoms with Crippen molar-refractivity contribution < 1.29 is 32.3 Å². The molecule has 0 amide bonds. The summed E-state index contributed by atoms with van der Waals surface area (Å²) in [7, 11) is -2.02. The average molecular weight is 238 g/mol. The molecule has 0 saturated carbocycles. The Bertz CT molecular complexity index is 367. The summed E-state index contributed by atoms with van der Waals surface area (Å²) in [6.45, 7) is -1.63. The van der Waals surface area contributed by atoms with Crippen molar-refractivity contribution >= 4 is 12.6 Å². The highest BCUT2D eigenvalue weighted by molar-refractivity contribution is 6.59. The summed E-state index contributed by atoms with van der Waals surface area (Å²) in [6.07, 6.45) is -4.58. The molecule has 88 valence electrons. The first-order valence-corrected chi connectivity index (χ1v) is 4.15. The lowest BCUT2D eigenvalue weighted by Gasteiger charge is -2.12. The molecule has 0 saturated heterocycles. The summed E-state index contributed by atoms with van der Waals surface area (Å²) in [5.41, 5.74) is -0.328. The van der Waals surface area contributed by atoms with Gasteiger partial charge in [-0.1, -0.05) is 6.07 Å². The zero-order valence-electron chi connectivity index (χ0n) is 7.83. The fraction of sp³-hybridized carbons (Fsp3) is 0.250. The maximum atomic E-state index is 12.7. The lowest BCUT2D eigenvalue weighted by Crippen LogP contribution is -2.33. The number of ether oxygens (including phenoxy) is 1. The van der Waals surface area contributed by atoms with E-state index in [1.165, 1.54) is 0 Å². The summed E-state index contributed by atoms with van der Waals surface area (Å²) in [5.74, 6) is -1.38. The van der Waals surface area contributed by atoms with Crippen LogP contribution in [0.5, 0.6) is 5.75 Å². The topological polar surface area (TPSA) is 49.7 Å². The number of rotatable bonds is 3. The van der Waals surface area contributed by atoms with E-state index in [1.54, 1.807) is 0 Å². The Balaban J connectivity index is 2.88. The van der Waals surface area contributed by atoms with Crippen molar-refractivity contribution in [2.24, 2.45) is 0 Å². The molecule has 16 heavy (non-hydrogen) atoms. The second-order valence-electron chi connectivity index (χ2n) is 2.96. The van der Waals surface area contributed by atoms with Crippen molar-refractivity contribution in [3.63, 3.8) is 0 Å². The maximum absolute atomic E-state index is 12.7. The van der Waals surface area contributed by atoms with Crippen LogP contribution in [-0.2, 0) is 0 Å². The van der Waals surface area contributed by atoms with Crippen LogP contribution in [0.25, 0.3) is 0 Å². The van der Waals surface area contributed by atoms with Crippen molar-refractivity contribution in [1.29, 1.82) is 0 Å². The van der Waals surface area contributed by atoms with Gasteiger partial charge < -0.3 is 14.8 Å². The van der Waals surface area contributed by atoms with E-state index in [9.17, 15) is 17.6 Å². The second-order valence-corrected chi connectivity index (χ2v) is 2.96. The molecule has 1 rings (SSSR count). The van der Waals surface area contributed by atoms with Crippen LogP contribution in [0.3, 0.4) is 0 Å². The molecule has 0 unspecified atom stereocenters. The quantitative estimate of drug-likeness (QED) is 0.593. The van der Waals surface area contributed by atoms with E-state index in [-0.39, 0.29) is 5.46 Å². The van der Waals surface area contributed by atoms with Crippen molar-refractivity contribution in [2.45, 2.75) is 6.18 Å². The molecule has 0 atom stereocenters. The van der Waals surface area contributed by atoms with Gasteiger partial charge in [-0.25, -0.2) is 4.39 Å². The van der Waals surface area contributed by atoms with Gasteiger partial charge in [-0.3, -0.25) is 0 Å². The van der Waals surface area contributed by atoms with Crippen LogP contribution in [-0.4, -0.2) is 29.9 Å². The van der Waals surface area contributed by atoms with Gasteiger partial charge in [-0.05, 0) is 6.07 Å². The first-order valence-electron chi connectivity index (χ1n) is 4.15. The van der Waals surface area contributed by atoms with Crippen molar-refractivity contribution in [3.8, 4) is 5.75 Å². The Morgan fingerprint density at radius 2 is 1.88 bits per heavy atom. The van der Waals surface area contributed by atoms with Gasteiger partial charge in [0.15, 0.2) is 6.61 Å². The van der Waals surface area contributed by atoms with Crippen molar-refractivity contribution in [1.82, 2.24) is 0 Å². The van der Waals surface area contributed by atoms with Gasteiger partial charge in [-0.15, -0.1) is 0 Å². The molecular weight excluding hydrogens is 231 g/mol. The lowest BCUT2D eigenvalue weighted by molar-refractivity contribution is -0.153. The van der Waals surface area contributed by atoms with Gasteiger partial charge in [0.2, 0.25) is 0 Å². The second kappa shape index (κ2) is 4.71. The van der Waals surface area contributed by atoms with E-state index < -0.39 is 31.5 Å².